The van der Waals surface area contributed by atoms with Crippen LogP contribution in [0.5, 0.6) is 0 Å². The molecule has 0 aromatic carbocycles. The van der Waals surface area contributed by atoms with Gasteiger partial charge >= 0.3 is 0 Å². The zero-order valence-electron chi connectivity index (χ0n) is 8.95. The molecular weight excluding hydrogens is 190 g/mol. The van der Waals surface area contributed by atoms with E-state index in [4.69, 9.17) is 10.2 Å². The maximum Gasteiger partial charge on any atom is 0.174 e. The summed E-state index contributed by atoms with van der Waals surface area (Å²) in [5, 5.41) is 0. The quantitative estimate of drug-likeness (QED) is 0.807. The van der Waals surface area contributed by atoms with Crippen LogP contribution in [0.1, 0.15) is 31.2 Å². The molecule has 0 saturated carbocycles. The summed E-state index contributed by atoms with van der Waals surface area (Å²) in [7, 11) is 0. The van der Waals surface area contributed by atoms with Gasteiger partial charge in [0.25, 0.3) is 0 Å². The van der Waals surface area contributed by atoms with Crippen molar-refractivity contribution in [3.8, 4) is 11.6 Å². The molecule has 0 unspecified atom stereocenters. The standard InChI is InChI=1S/C11H15N3O/c1-7(2)10-8(6-12)13-11(14-10)9-4-3-5-15-9/h3-5,7H,6,12H2,1-2H3,(H,13,14). The van der Waals surface area contributed by atoms with Crippen molar-refractivity contribution in [3.05, 3.63) is 29.8 Å². The van der Waals surface area contributed by atoms with Crippen LogP contribution in [0.25, 0.3) is 11.6 Å². The van der Waals surface area contributed by atoms with E-state index in [0.29, 0.717) is 12.5 Å². The highest BCUT2D eigenvalue weighted by atomic mass is 16.3. The van der Waals surface area contributed by atoms with Crippen LogP contribution >= 0.6 is 0 Å². The predicted octanol–water partition coefficient (Wildman–Crippen LogP) is 2.25. The molecule has 3 N–H and O–H groups in total. The molecule has 2 heterocycles. The molecule has 80 valence electrons. The second kappa shape index (κ2) is 3.90. The molecule has 2 rings (SSSR count). The maximum atomic E-state index is 5.65. The molecule has 0 saturated heterocycles. The van der Waals surface area contributed by atoms with E-state index >= 15 is 0 Å². The molecule has 0 amide bonds. The third-order valence-corrected chi connectivity index (χ3v) is 2.32. The summed E-state index contributed by atoms with van der Waals surface area (Å²) in [5.41, 5.74) is 7.65. The lowest BCUT2D eigenvalue weighted by atomic mass is 10.1. The molecule has 0 aliphatic carbocycles. The Balaban J connectivity index is 2.43. The Morgan fingerprint density at radius 1 is 1.53 bits per heavy atom. The minimum absolute atomic E-state index is 0.364. The lowest BCUT2D eigenvalue weighted by molar-refractivity contribution is 0.577. The van der Waals surface area contributed by atoms with Crippen molar-refractivity contribution in [2.24, 2.45) is 5.73 Å². The topological polar surface area (TPSA) is 67.8 Å². The number of nitrogens with two attached hydrogens (primary N) is 1. The molecule has 0 aliphatic rings. The number of rotatable bonds is 3. The van der Waals surface area contributed by atoms with Gasteiger partial charge in [0, 0.05) is 6.54 Å². The van der Waals surface area contributed by atoms with E-state index in [1.54, 1.807) is 6.26 Å². The number of hydrogen-bond donors (Lipinski definition) is 2. The van der Waals surface area contributed by atoms with Gasteiger partial charge in [0.1, 0.15) is 0 Å². The van der Waals surface area contributed by atoms with E-state index in [2.05, 4.69) is 23.8 Å². The van der Waals surface area contributed by atoms with E-state index in [1.807, 2.05) is 12.1 Å². The Morgan fingerprint density at radius 3 is 2.80 bits per heavy atom. The van der Waals surface area contributed by atoms with Crippen LogP contribution in [0, 0.1) is 0 Å². The van der Waals surface area contributed by atoms with Crippen LogP contribution in [0.15, 0.2) is 22.8 Å². The molecule has 15 heavy (non-hydrogen) atoms. The fourth-order valence-electron chi connectivity index (χ4n) is 1.59. The van der Waals surface area contributed by atoms with Crippen LogP contribution in [-0.2, 0) is 6.54 Å². The SMILES string of the molecule is CC(C)c1nc(-c2ccco2)[nH]c1CN. The minimum atomic E-state index is 0.364. The molecule has 0 aliphatic heterocycles. The van der Waals surface area contributed by atoms with E-state index in [0.717, 1.165) is 23.0 Å². The number of furan rings is 1. The Kier molecular flexibility index (Phi) is 2.60. The molecule has 2 aromatic rings. The van der Waals surface area contributed by atoms with Crippen molar-refractivity contribution in [1.82, 2.24) is 9.97 Å². The van der Waals surface area contributed by atoms with Gasteiger partial charge < -0.3 is 15.1 Å². The highest BCUT2D eigenvalue weighted by Crippen LogP contribution is 2.22. The Bertz CT molecular complexity index is 429. The molecule has 4 heteroatoms. The average molecular weight is 205 g/mol. The first-order chi connectivity index (χ1) is 7.22. The largest absolute Gasteiger partial charge is 0.461 e. The third-order valence-electron chi connectivity index (χ3n) is 2.32. The summed E-state index contributed by atoms with van der Waals surface area (Å²) in [6.07, 6.45) is 1.63. The van der Waals surface area contributed by atoms with Gasteiger partial charge in [-0.15, -0.1) is 0 Å². The van der Waals surface area contributed by atoms with E-state index in [-0.39, 0.29) is 0 Å². The van der Waals surface area contributed by atoms with Gasteiger partial charge in [-0.25, -0.2) is 4.98 Å². The number of nitrogens with one attached hydrogen (secondary N) is 1. The Hall–Kier alpha value is -1.55. The Morgan fingerprint density at radius 2 is 2.33 bits per heavy atom. The van der Waals surface area contributed by atoms with Gasteiger partial charge in [-0.1, -0.05) is 13.8 Å². The normalized spacial score (nSPS) is 11.2. The summed E-state index contributed by atoms with van der Waals surface area (Å²) in [5.74, 6) is 1.87. The van der Waals surface area contributed by atoms with Crippen molar-refractivity contribution >= 4 is 0 Å². The highest BCUT2D eigenvalue weighted by molar-refractivity contribution is 5.48. The number of nitrogens with zero attached hydrogens (tertiary/aromatic N) is 1. The summed E-state index contributed by atoms with van der Waals surface area (Å²) in [4.78, 5) is 7.68. The first-order valence-electron chi connectivity index (χ1n) is 5.05. The smallest absolute Gasteiger partial charge is 0.174 e. The molecule has 0 atom stereocenters. The summed E-state index contributed by atoms with van der Waals surface area (Å²) < 4.78 is 5.28. The molecule has 0 fully saturated rings. The van der Waals surface area contributed by atoms with Crippen molar-refractivity contribution in [2.75, 3.05) is 0 Å². The second-order valence-electron chi connectivity index (χ2n) is 3.79. The average Bonchev–Trinajstić information content (AvgIpc) is 2.86. The minimum Gasteiger partial charge on any atom is -0.461 e. The molecule has 2 aromatic heterocycles. The lowest BCUT2D eigenvalue weighted by Crippen LogP contribution is -2.02. The Labute approximate surface area is 88.5 Å². The third kappa shape index (κ3) is 1.80. The fraction of sp³-hybridized carbons (Fsp3) is 0.364. The summed E-state index contributed by atoms with van der Waals surface area (Å²) >= 11 is 0. The van der Waals surface area contributed by atoms with Gasteiger partial charge in [0.05, 0.1) is 17.7 Å². The second-order valence-corrected chi connectivity index (χ2v) is 3.79. The van der Waals surface area contributed by atoms with E-state index < -0.39 is 0 Å². The first kappa shape index (κ1) is 9.98. The predicted molar refractivity (Wildman–Crippen MR) is 58.3 cm³/mol. The van der Waals surface area contributed by atoms with E-state index in [9.17, 15) is 0 Å². The van der Waals surface area contributed by atoms with E-state index in [1.165, 1.54) is 0 Å². The van der Waals surface area contributed by atoms with Crippen LogP contribution in [0.3, 0.4) is 0 Å². The zero-order chi connectivity index (χ0) is 10.8. The van der Waals surface area contributed by atoms with Crippen molar-refractivity contribution in [3.63, 3.8) is 0 Å². The zero-order valence-corrected chi connectivity index (χ0v) is 8.95. The molecule has 0 spiro atoms. The van der Waals surface area contributed by atoms with Crippen LogP contribution in [0.4, 0.5) is 0 Å². The van der Waals surface area contributed by atoms with Gasteiger partial charge in [-0.2, -0.15) is 0 Å². The molecular formula is C11H15N3O. The summed E-state index contributed by atoms with van der Waals surface area (Å²) in [6, 6.07) is 3.72. The van der Waals surface area contributed by atoms with Crippen molar-refractivity contribution < 1.29 is 4.42 Å². The lowest BCUT2D eigenvalue weighted by Gasteiger charge is -2.01. The number of imidazole rings is 1. The molecule has 0 bridgehead atoms. The van der Waals surface area contributed by atoms with Gasteiger partial charge in [0.2, 0.25) is 0 Å². The van der Waals surface area contributed by atoms with Crippen LogP contribution in [0.2, 0.25) is 0 Å². The molecule has 0 radical (unpaired) electrons. The number of hydrogen-bond acceptors (Lipinski definition) is 3. The monoisotopic (exact) mass is 205 g/mol. The van der Waals surface area contributed by atoms with Crippen LogP contribution in [-0.4, -0.2) is 9.97 Å². The van der Waals surface area contributed by atoms with Crippen molar-refractivity contribution in [1.29, 1.82) is 0 Å². The number of aromatic amines is 1. The van der Waals surface area contributed by atoms with Crippen LogP contribution < -0.4 is 5.73 Å². The number of H-pyrrole nitrogens is 1. The van der Waals surface area contributed by atoms with Gasteiger partial charge in [-0.05, 0) is 18.1 Å². The van der Waals surface area contributed by atoms with Crippen molar-refractivity contribution in [2.45, 2.75) is 26.3 Å². The molecule has 4 nitrogen and oxygen atoms in total. The van der Waals surface area contributed by atoms with Gasteiger partial charge in [-0.3, -0.25) is 0 Å². The maximum absolute atomic E-state index is 5.65. The summed E-state index contributed by atoms with van der Waals surface area (Å²) in [6.45, 7) is 4.67. The highest BCUT2D eigenvalue weighted by Gasteiger charge is 2.14. The van der Waals surface area contributed by atoms with Gasteiger partial charge in [0.15, 0.2) is 11.6 Å². The fourth-order valence-corrected chi connectivity index (χ4v) is 1.59. The first-order valence-corrected chi connectivity index (χ1v) is 5.05. The number of aromatic nitrogens is 2.